The van der Waals surface area contributed by atoms with Crippen LogP contribution in [0.4, 0.5) is 13.2 Å². The Hall–Kier alpha value is -1.07. The van der Waals surface area contributed by atoms with Gasteiger partial charge in [-0.05, 0) is 24.8 Å². The molecule has 0 heterocycles. The summed E-state index contributed by atoms with van der Waals surface area (Å²) in [5.41, 5.74) is 5.64. The third-order valence-electron chi connectivity index (χ3n) is 3.90. The second-order valence-corrected chi connectivity index (χ2v) is 5.20. The van der Waals surface area contributed by atoms with Crippen LogP contribution in [-0.4, -0.2) is 11.2 Å². The van der Waals surface area contributed by atoms with Gasteiger partial charge in [0.1, 0.15) is 5.82 Å². The van der Waals surface area contributed by atoms with Crippen molar-refractivity contribution in [2.24, 2.45) is 11.7 Å². The molecule has 3 N–H and O–H groups in total. The minimum atomic E-state index is -1.25. The summed E-state index contributed by atoms with van der Waals surface area (Å²) in [6, 6.07) is 0.178. The standard InChI is InChI=1S/C14H18F3NO/c15-10-7-12(17)11(16)6-9(10)13(18)14(19)8-4-2-1-3-5-8/h6-8,13-14,19H,1-5,18H2/t13-,14+/m1/s1. The second kappa shape index (κ2) is 5.92. The highest BCUT2D eigenvalue weighted by atomic mass is 19.2. The Morgan fingerprint density at radius 3 is 2.21 bits per heavy atom. The van der Waals surface area contributed by atoms with Gasteiger partial charge in [0.15, 0.2) is 11.6 Å². The molecule has 2 atom stereocenters. The summed E-state index contributed by atoms with van der Waals surface area (Å²) in [4.78, 5) is 0. The van der Waals surface area contributed by atoms with Crippen LogP contribution in [0.3, 0.4) is 0 Å². The Morgan fingerprint density at radius 2 is 1.58 bits per heavy atom. The SMILES string of the molecule is N[C@H](c1cc(F)c(F)cc1F)[C@@H](O)C1CCCCC1. The van der Waals surface area contributed by atoms with Gasteiger partial charge in [0.05, 0.1) is 12.1 Å². The van der Waals surface area contributed by atoms with Gasteiger partial charge >= 0.3 is 0 Å². The highest BCUT2D eigenvalue weighted by Gasteiger charge is 2.29. The van der Waals surface area contributed by atoms with Gasteiger partial charge in [-0.2, -0.15) is 0 Å². The van der Waals surface area contributed by atoms with Gasteiger partial charge in [0.25, 0.3) is 0 Å². The van der Waals surface area contributed by atoms with E-state index in [1.54, 1.807) is 0 Å². The largest absolute Gasteiger partial charge is 0.391 e. The number of hydrogen-bond donors (Lipinski definition) is 2. The lowest BCUT2D eigenvalue weighted by Gasteiger charge is -2.30. The first-order valence-electron chi connectivity index (χ1n) is 6.59. The fraction of sp³-hybridized carbons (Fsp3) is 0.571. The predicted molar refractivity (Wildman–Crippen MR) is 65.8 cm³/mol. The molecule has 0 bridgehead atoms. The van der Waals surface area contributed by atoms with Gasteiger partial charge < -0.3 is 10.8 Å². The lowest BCUT2D eigenvalue weighted by atomic mass is 9.81. The van der Waals surface area contributed by atoms with Crippen molar-refractivity contribution in [1.82, 2.24) is 0 Å². The van der Waals surface area contributed by atoms with Crippen molar-refractivity contribution in [3.8, 4) is 0 Å². The van der Waals surface area contributed by atoms with Gasteiger partial charge in [0.2, 0.25) is 0 Å². The van der Waals surface area contributed by atoms with Crippen molar-refractivity contribution >= 4 is 0 Å². The third kappa shape index (κ3) is 3.09. The molecule has 106 valence electrons. The van der Waals surface area contributed by atoms with Crippen molar-refractivity contribution in [3.63, 3.8) is 0 Å². The summed E-state index contributed by atoms with van der Waals surface area (Å²) in [5.74, 6) is -3.32. The van der Waals surface area contributed by atoms with Crippen LogP contribution in [0.25, 0.3) is 0 Å². The van der Waals surface area contributed by atoms with E-state index in [1.807, 2.05) is 0 Å². The molecular weight excluding hydrogens is 255 g/mol. The monoisotopic (exact) mass is 273 g/mol. The average molecular weight is 273 g/mol. The van der Waals surface area contributed by atoms with Crippen LogP contribution >= 0.6 is 0 Å². The summed E-state index contributed by atoms with van der Waals surface area (Å²) in [6.45, 7) is 0. The number of halogens is 3. The van der Waals surface area contributed by atoms with Gasteiger partial charge in [-0.3, -0.25) is 0 Å². The highest BCUT2D eigenvalue weighted by Crippen LogP contribution is 2.32. The summed E-state index contributed by atoms with van der Waals surface area (Å²) >= 11 is 0. The number of aliphatic hydroxyl groups excluding tert-OH is 1. The van der Waals surface area contributed by atoms with E-state index in [9.17, 15) is 18.3 Å². The van der Waals surface area contributed by atoms with Crippen LogP contribution in [-0.2, 0) is 0 Å². The van der Waals surface area contributed by atoms with Crippen LogP contribution in [0, 0.1) is 23.4 Å². The number of benzene rings is 1. The lowest BCUT2D eigenvalue weighted by Crippen LogP contribution is -2.34. The molecule has 0 radical (unpaired) electrons. The summed E-state index contributed by atoms with van der Waals surface area (Å²) < 4.78 is 39.6. The number of rotatable bonds is 3. The first-order chi connectivity index (χ1) is 9.00. The Bertz CT molecular complexity index is 447. The molecule has 1 saturated carbocycles. The molecule has 0 aromatic heterocycles. The molecule has 2 nitrogen and oxygen atoms in total. The normalized spacial score (nSPS) is 20.3. The second-order valence-electron chi connectivity index (χ2n) is 5.20. The van der Waals surface area contributed by atoms with Gasteiger partial charge in [-0.15, -0.1) is 0 Å². The quantitative estimate of drug-likeness (QED) is 0.831. The van der Waals surface area contributed by atoms with Crippen molar-refractivity contribution in [1.29, 1.82) is 0 Å². The van der Waals surface area contributed by atoms with E-state index in [0.717, 1.165) is 38.2 Å². The third-order valence-corrected chi connectivity index (χ3v) is 3.90. The summed E-state index contributed by atoms with van der Waals surface area (Å²) in [5, 5.41) is 10.2. The fourth-order valence-electron chi connectivity index (χ4n) is 2.75. The maximum atomic E-state index is 13.6. The number of hydrogen-bond acceptors (Lipinski definition) is 2. The predicted octanol–water partition coefficient (Wildman–Crippen LogP) is 3.04. The van der Waals surface area contributed by atoms with Crippen LogP contribution in [0.2, 0.25) is 0 Å². The summed E-state index contributed by atoms with van der Waals surface area (Å²) in [7, 11) is 0. The van der Waals surface area contributed by atoms with E-state index in [1.165, 1.54) is 0 Å². The molecule has 1 fully saturated rings. The highest BCUT2D eigenvalue weighted by molar-refractivity contribution is 5.24. The van der Waals surface area contributed by atoms with Crippen molar-refractivity contribution in [3.05, 3.63) is 35.1 Å². The zero-order chi connectivity index (χ0) is 14.0. The Balaban J connectivity index is 2.18. The Kier molecular flexibility index (Phi) is 4.47. The molecule has 1 aromatic rings. The zero-order valence-electron chi connectivity index (χ0n) is 10.6. The molecule has 2 rings (SSSR count). The smallest absolute Gasteiger partial charge is 0.161 e. The molecule has 0 unspecified atom stereocenters. The minimum absolute atomic E-state index is 0.00346. The molecule has 0 amide bonds. The van der Waals surface area contributed by atoms with Crippen LogP contribution < -0.4 is 5.73 Å². The van der Waals surface area contributed by atoms with Crippen molar-refractivity contribution < 1.29 is 18.3 Å². The van der Waals surface area contributed by atoms with Crippen molar-refractivity contribution in [2.45, 2.75) is 44.2 Å². The molecule has 5 heteroatoms. The molecule has 0 aliphatic heterocycles. The maximum absolute atomic E-state index is 13.6. The maximum Gasteiger partial charge on any atom is 0.161 e. The zero-order valence-corrected chi connectivity index (χ0v) is 10.6. The molecular formula is C14H18F3NO. The molecule has 0 saturated heterocycles. The fourth-order valence-corrected chi connectivity index (χ4v) is 2.75. The van der Waals surface area contributed by atoms with Crippen LogP contribution in [0.5, 0.6) is 0 Å². The first-order valence-corrected chi connectivity index (χ1v) is 6.59. The summed E-state index contributed by atoms with van der Waals surface area (Å²) in [6.07, 6.45) is 3.88. The van der Waals surface area contributed by atoms with Gasteiger partial charge in [-0.25, -0.2) is 13.2 Å². The molecule has 19 heavy (non-hydrogen) atoms. The van der Waals surface area contributed by atoms with E-state index in [2.05, 4.69) is 0 Å². The average Bonchev–Trinajstić information content (AvgIpc) is 2.42. The minimum Gasteiger partial charge on any atom is -0.391 e. The topological polar surface area (TPSA) is 46.2 Å². The van der Waals surface area contributed by atoms with Crippen LogP contribution in [0.15, 0.2) is 12.1 Å². The molecule has 0 spiro atoms. The van der Waals surface area contributed by atoms with E-state index in [-0.39, 0.29) is 11.5 Å². The van der Waals surface area contributed by atoms with Gasteiger partial charge in [0, 0.05) is 11.6 Å². The van der Waals surface area contributed by atoms with Crippen LogP contribution in [0.1, 0.15) is 43.7 Å². The number of aliphatic hydroxyl groups is 1. The van der Waals surface area contributed by atoms with E-state index < -0.39 is 29.6 Å². The van der Waals surface area contributed by atoms with E-state index >= 15 is 0 Å². The molecule has 1 aromatic carbocycles. The molecule has 1 aliphatic rings. The Labute approximate surface area is 110 Å². The van der Waals surface area contributed by atoms with Gasteiger partial charge in [-0.1, -0.05) is 19.3 Å². The Morgan fingerprint density at radius 1 is 1.00 bits per heavy atom. The van der Waals surface area contributed by atoms with Crippen molar-refractivity contribution in [2.75, 3.05) is 0 Å². The number of nitrogens with two attached hydrogens (primary N) is 1. The molecule has 1 aliphatic carbocycles. The van der Waals surface area contributed by atoms with E-state index in [0.29, 0.717) is 6.07 Å². The first kappa shape index (κ1) is 14.3. The van der Waals surface area contributed by atoms with E-state index in [4.69, 9.17) is 5.73 Å². The lowest BCUT2D eigenvalue weighted by molar-refractivity contribution is 0.0606.